The van der Waals surface area contributed by atoms with Crippen LogP contribution in [0.2, 0.25) is 0 Å². The van der Waals surface area contributed by atoms with Gasteiger partial charge in [-0.15, -0.1) is 0 Å². The van der Waals surface area contributed by atoms with Crippen molar-refractivity contribution in [2.45, 2.75) is 32.4 Å². The van der Waals surface area contributed by atoms with Crippen LogP contribution in [0.25, 0.3) is 0 Å². The number of aromatic nitrogens is 1. The lowest BCUT2D eigenvalue weighted by molar-refractivity contribution is -0.129. The predicted molar refractivity (Wildman–Crippen MR) is 95.4 cm³/mol. The average Bonchev–Trinajstić information content (AvgIpc) is 2.97. The number of likely N-dealkylation sites (tertiary alicyclic amines) is 1. The number of hydrogen-bond acceptors (Lipinski definition) is 3. The van der Waals surface area contributed by atoms with Crippen molar-refractivity contribution in [2.24, 2.45) is 5.92 Å². The number of rotatable bonds is 5. The van der Waals surface area contributed by atoms with Crippen molar-refractivity contribution < 1.29 is 9.59 Å². The lowest BCUT2D eigenvalue weighted by Crippen LogP contribution is -2.44. The van der Waals surface area contributed by atoms with E-state index in [1.807, 2.05) is 62.4 Å². The molecule has 1 saturated heterocycles. The summed E-state index contributed by atoms with van der Waals surface area (Å²) in [6.45, 7) is 4.84. The molecule has 1 aromatic carbocycles. The molecule has 0 bridgehead atoms. The van der Waals surface area contributed by atoms with Crippen molar-refractivity contribution in [3.8, 4) is 0 Å². The fourth-order valence-electron chi connectivity index (χ4n) is 3.12. The van der Waals surface area contributed by atoms with Crippen LogP contribution in [0.4, 0.5) is 0 Å². The molecule has 1 atom stereocenters. The van der Waals surface area contributed by atoms with E-state index in [4.69, 9.17) is 0 Å². The molecule has 2 heterocycles. The van der Waals surface area contributed by atoms with Gasteiger partial charge in [-0.1, -0.05) is 36.4 Å². The first kappa shape index (κ1) is 17.1. The second kappa shape index (κ2) is 7.05. The molecular formula is C20H23N3O2. The van der Waals surface area contributed by atoms with Crippen LogP contribution in [0.15, 0.2) is 54.7 Å². The Hall–Kier alpha value is -2.69. The molecule has 1 aliphatic heterocycles. The van der Waals surface area contributed by atoms with Crippen LogP contribution in [0.5, 0.6) is 0 Å². The minimum atomic E-state index is -0.476. The monoisotopic (exact) mass is 337 g/mol. The van der Waals surface area contributed by atoms with Gasteiger partial charge in [-0.25, -0.2) is 0 Å². The highest BCUT2D eigenvalue weighted by atomic mass is 16.2. The molecular weight excluding hydrogens is 314 g/mol. The normalized spacial score (nSPS) is 17.6. The highest BCUT2D eigenvalue weighted by molar-refractivity contribution is 5.89. The van der Waals surface area contributed by atoms with E-state index in [-0.39, 0.29) is 24.2 Å². The lowest BCUT2D eigenvalue weighted by atomic mass is 9.93. The second-order valence-corrected chi connectivity index (χ2v) is 6.98. The molecule has 3 rings (SSSR count). The van der Waals surface area contributed by atoms with Gasteiger partial charge in [0.25, 0.3) is 0 Å². The van der Waals surface area contributed by atoms with Gasteiger partial charge in [-0.05, 0) is 31.5 Å². The van der Waals surface area contributed by atoms with E-state index in [9.17, 15) is 9.59 Å². The van der Waals surface area contributed by atoms with Gasteiger partial charge in [-0.3, -0.25) is 14.6 Å². The topological polar surface area (TPSA) is 62.3 Å². The predicted octanol–water partition coefficient (Wildman–Crippen LogP) is 2.48. The molecule has 1 N–H and O–H groups in total. The number of nitrogens with one attached hydrogen (secondary N) is 1. The van der Waals surface area contributed by atoms with Gasteiger partial charge in [0.2, 0.25) is 11.8 Å². The Labute approximate surface area is 148 Å². The summed E-state index contributed by atoms with van der Waals surface area (Å²) in [4.78, 5) is 30.9. The minimum absolute atomic E-state index is 0.00307. The smallest absolute Gasteiger partial charge is 0.226 e. The number of benzene rings is 1. The molecule has 5 heteroatoms. The summed E-state index contributed by atoms with van der Waals surface area (Å²) < 4.78 is 0. The fraction of sp³-hybridized carbons (Fsp3) is 0.350. The molecule has 2 aromatic rings. The van der Waals surface area contributed by atoms with E-state index in [2.05, 4.69) is 10.3 Å². The van der Waals surface area contributed by atoms with E-state index in [1.165, 1.54) is 0 Å². The van der Waals surface area contributed by atoms with Gasteiger partial charge in [0, 0.05) is 19.2 Å². The molecule has 130 valence electrons. The van der Waals surface area contributed by atoms with Crippen LogP contribution in [0.1, 0.15) is 31.5 Å². The molecule has 0 unspecified atom stereocenters. The van der Waals surface area contributed by atoms with Gasteiger partial charge in [0.1, 0.15) is 0 Å². The molecule has 1 aromatic heterocycles. The lowest BCUT2D eigenvalue weighted by Gasteiger charge is -2.28. The van der Waals surface area contributed by atoms with Crippen molar-refractivity contribution >= 4 is 11.8 Å². The third kappa shape index (κ3) is 4.05. The molecule has 25 heavy (non-hydrogen) atoms. The molecule has 0 radical (unpaired) electrons. The summed E-state index contributed by atoms with van der Waals surface area (Å²) in [5.74, 6) is -0.395. The maximum absolute atomic E-state index is 12.7. The number of hydrogen-bond donors (Lipinski definition) is 1. The maximum Gasteiger partial charge on any atom is 0.226 e. The molecule has 5 nitrogen and oxygen atoms in total. The summed E-state index contributed by atoms with van der Waals surface area (Å²) in [5, 5.41) is 3.09. The number of carbonyl (C=O) groups is 2. The first-order valence-corrected chi connectivity index (χ1v) is 8.51. The van der Waals surface area contributed by atoms with E-state index in [0.717, 1.165) is 11.3 Å². The standard InChI is InChI=1S/C20H23N3O2/c1-20(2,16-8-4-3-5-9-16)22-19(25)15-12-18(24)23(13-15)14-17-10-6-7-11-21-17/h3-11,15H,12-14H2,1-2H3,(H,22,25)/t15-/m0/s1. The largest absolute Gasteiger partial charge is 0.347 e. The average molecular weight is 337 g/mol. The fourth-order valence-corrected chi connectivity index (χ4v) is 3.12. The van der Waals surface area contributed by atoms with E-state index >= 15 is 0 Å². The van der Waals surface area contributed by atoms with Crippen molar-refractivity contribution in [1.82, 2.24) is 15.2 Å². The van der Waals surface area contributed by atoms with E-state index in [0.29, 0.717) is 13.1 Å². The molecule has 0 aliphatic carbocycles. The molecule has 1 fully saturated rings. The van der Waals surface area contributed by atoms with Crippen LogP contribution in [-0.4, -0.2) is 28.2 Å². The van der Waals surface area contributed by atoms with Crippen LogP contribution < -0.4 is 5.32 Å². The van der Waals surface area contributed by atoms with E-state index < -0.39 is 5.54 Å². The Balaban J connectivity index is 1.63. The summed E-state index contributed by atoms with van der Waals surface area (Å²) in [6.07, 6.45) is 1.96. The van der Waals surface area contributed by atoms with Crippen molar-refractivity contribution in [3.05, 3.63) is 66.0 Å². The van der Waals surface area contributed by atoms with Gasteiger partial charge in [0.15, 0.2) is 0 Å². The van der Waals surface area contributed by atoms with Gasteiger partial charge in [0.05, 0.1) is 23.7 Å². The zero-order valence-corrected chi connectivity index (χ0v) is 14.6. The minimum Gasteiger partial charge on any atom is -0.347 e. The number of nitrogens with zero attached hydrogens (tertiary/aromatic N) is 2. The van der Waals surface area contributed by atoms with Crippen molar-refractivity contribution in [3.63, 3.8) is 0 Å². The Morgan fingerprint density at radius 2 is 1.92 bits per heavy atom. The van der Waals surface area contributed by atoms with E-state index in [1.54, 1.807) is 11.1 Å². The molecule has 2 amide bonds. The third-order valence-electron chi connectivity index (χ3n) is 4.60. The maximum atomic E-state index is 12.7. The summed E-state index contributed by atoms with van der Waals surface area (Å²) >= 11 is 0. The van der Waals surface area contributed by atoms with Crippen molar-refractivity contribution in [2.75, 3.05) is 6.54 Å². The van der Waals surface area contributed by atoms with Crippen molar-refractivity contribution in [1.29, 1.82) is 0 Å². The van der Waals surface area contributed by atoms with Crippen LogP contribution in [-0.2, 0) is 21.7 Å². The molecule has 1 aliphatic rings. The van der Waals surface area contributed by atoms with Gasteiger partial charge < -0.3 is 10.2 Å². The van der Waals surface area contributed by atoms with Crippen LogP contribution in [0.3, 0.4) is 0 Å². The number of amides is 2. The highest BCUT2D eigenvalue weighted by Gasteiger charge is 2.36. The Bertz CT molecular complexity index is 744. The Kier molecular flexibility index (Phi) is 4.83. The summed E-state index contributed by atoms with van der Waals surface area (Å²) in [7, 11) is 0. The third-order valence-corrected chi connectivity index (χ3v) is 4.60. The Morgan fingerprint density at radius 1 is 1.20 bits per heavy atom. The van der Waals surface area contributed by atoms with Crippen LogP contribution >= 0.6 is 0 Å². The number of carbonyl (C=O) groups excluding carboxylic acids is 2. The first-order valence-electron chi connectivity index (χ1n) is 8.51. The zero-order chi connectivity index (χ0) is 17.9. The SMILES string of the molecule is CC(C)(NC(=O)[C@H]1CC(=O)N(Cc2ccccn2)C1)c1ccccc1. The molecule has 0 spiro atoms. The first-order chi connectivity index (χ1) is 12.0. The number of pyridine rings is 1. The summed E-state index contributed by atoms with van der Waals surface area (Å²) in [5.41, 5.74) is 1.40. The van der Waals surface area contributed by atoms with Crippen LogP contribution in [0, 0.1) is 5.92 Å². The summed E-state index contributed by atoms with van der Waals surface area (Å²) in [6, 6.07) is 15.5. The quantitative estimate of drug-likeness (QED) is 0.912. The van der Waals surface area contributed by atoms with Gasteiger partial charge >= 0.3 is 0 Å². The van der Waals surface area contributed by atoms with Gasteiger partial charge in [-0.2, -0.15) is 0 Å². The highest BCUT2D eigenvalue weighted by Crippen LogP contribution is 2.24. The Morgan fingerprint density at radius 3 is 2.60 bits per heavy atom. The molecule has 0 saturated carbocycles. The second-order valence-electron chi connectivity index (χ2n) is 6.98. The zero-order valence-electron chi connectivity index (χ0n) is 14.6.